The Balaban J connectivity index is 1.78. The molecule has 5 nitrogen and oxygen atoms in total. The van der Waals surface area contributed by atoms with Gasteiger partial charge in [-0.3, -0.25) is 4.90 Å². The Morgan fingerprint density at radius 3 is 2.68 bits per heavy atom. The molecule has 0 radical (unpaired) electrons. The van der Waals surface area contributed by atoms with Crippen LogP contribution < -0.4 is 4.74 Å². The van der Waals surface area contributed by atoms with Gasteiger partial charge >= 0.3 is 0 Å². The van der Waals surface area contributed by atoms with E-state index >= 15 is 0 Å². The molecule has 2 rings (SSSR count). The standard InChI is InChI=1S/C17H20N2O3/c1-2-19(10-15-7-8-21-12-15)11-16(20)13-22-17-5-3-14(9-18)4-6-17/h3-8,12,16,20H,2,10-11,13H2,1H3. The summed E-state index contributed by atoms with van der Waals surface area (Å²) in [4.78, 5) is 2.12. The number of likely N-dealkylation sites (N-methyl/N-ethyl adjacent to an activating group) is 1. The Kier molecular flexibility index (Phi) is 6.01. The number of hydrogen-bond donors (Lipinski definition) is 1. The van der Waals surface area contributed by atoms with Crippen LogP contribution in [-0.4, -0.2) is 35.8 Å². The van der Waals surface area contributed by atoms with Crippen LogP contribution in [0.2, 0.25) is 0 Å². The summed E-state index contributed by atoms with van der Waals surface area (Å²) in [7, 11) is 0. The van der Waals surface area contributed by atoms with E-state index in [9.17, 15) is 5.11 Å². The first-order chi connectivity index (χ1) is 10.7. The Labute approximate surface area is 130 Å². The van der Waals surface area contributed by atoms with E-state index in [1.807, 2.05) is 13.0 Å². The minimum atomic E-state index is -0.581. The molecule has 1 unspecified atom stereocenters. The van der Waals surface area contributed by atoms with Crippen LogP contribution in [0.4, 0.5) is 0 Å². The van der Waals surface area contributed by atoms with Crippen LogP contribution in [0.3, 0.4) is 0 Å². The largest absolute Gasteiger partial charge is 0.491 e. The van der Waals surface area contributed by atoms with Gasteiger partial charge in [0.25, 0.3) is 0 Å². The SMILES string of the molecule is CCN(Cc1ccoc1)CC(O)COc1ccc(C#N)cc1. The molecule has 0 saturated carbocycles. The Morgan fingerprint density at radius 2 is 2.09 bits per heavy atom. The molecule has 0 bridgehead atoms. The van der Waals surface area contributed by atoms with E-state index in [1.165, 1.54) is 0 Å². The molecule has 5 heteroatoms. The number of aliphatic hydroxyl groups excluding tert-OH is 1. The molecule has 0 aliphatic rings. The predicted molar refractivity (Wildman–Crippen MR) is 82.3 cm³/mol. The molecule has 1 atom stereocenters. The highest BCUT2D eigenvalue weighted by molar-refractivity contribution is 5.34. The smallest absolute Gasteiger partial charge is 0.119 e. The van der Waals surface area contributed by atoms with Crippen LogP contribution in [0.25, 0.3) is 0 Å². The molecule has 22 heavy (non-hydrogen) atoms. The van der Waals surface area contributed by atoms with Crippen molar-refractivity contribution in [1.82, 2.24) is 4.90 Å². The first kappa shape index (κ1) is 16.1. The molecule has 0 amide bonds. The average Bonchev–Trinajstić information content (AvgIpc) is 3.05. The topological polar surface area (TPSA) is 69.6 Å². The van der Waals surface area contributed by atoms with Gasteiger partial charge < -0.3 is 14.3 Å². The van der Waals surface area contributed by atoms with Crippen molar-refractivity contribution >= 4 is 0 Å². The zero-order chi connectivity index (χ0) is 15.8. The lowest BCUT2D eigenvalue weighted by atomic mass is 10.2. The quantitative estimate of drug-likeness (QED) is 0.810. The molecule has 0 aliphatic carbocycles. The van der Waals surface area contributed by atoms with Crippen molar-refractivity contribution in [3.8, 4) is 11.8 Å². The highest BCUT2D eigenvalue weighted by Gasteiger charge is 2.12. The van der Waals surface area contributed by atoms with Gasteiger partial charge in [0, 0.05) is 18.7 Å². The maximum atomic E-state index is 10.1. The molecule has 1 heterocycles. The summed E-state index contributed by atoms with van der Waals surface area (Å²) in [6, 6.07) is 10.8. The molecule has 0 aliphatic heterocycles. The number of ether oxygens (including phenoxy) is 1. The third-order valence-electron chi connectivity index (χ3n) is 3.33. The van der Waals surface area contributed by atoms with Crippen LogP contribution in [0.5, 0.6) is 5.75 Å². The van der Waals surface area contributed by atoms with Crippen molar-refractivity contribution in [2.45, 2.75) is 19.6 Å². The molecule has 1 N–H and O–H groups in total. The number of nitrogens with zero attached hydrogens (tertiary/aromatic N) is 2. The molecular weight excluding hydrogens is 280 g/mol. The average molecular weight is 300 g/mol. The fourth-order valence-corrected chi connectivity index (χ4v) is 2.12. The third kappa shape index (κ3) is 4.92. The van der Waals surface area contributed by atoms with Crippen LogP contribution in [-0.2, 0) is 6.54 Å². The van der Waals surface area contributed by atoms with E-state index < -0.39 is 6.10 Å². The normalized spacial score (nSPS) is 12.1. The van der Waals surface area contributed by atoms with Gasteiger partial charge in [0.2, 0.25) is 0 Å². The summed E-state index contributed by atoms with van der Waals surface area (Å²) in [6.07, 6.45) is 2.78. The minimum Gasteiger partial charge on any atom is -0.491 e. The number of benzene rings is 1. The van der Waals surface area contributed by atoms with E-state index in [0.29, 0.717) is 17.9 Å². The molecule has 0 saturated heterocycles. The first-order valence-corrected chi connectivity index (χ1v) is 7.25. The Bertz CT molecular complexity index is 587. The van der Waals surface area contributed by atoms with Gasteiger partial charge in [-0.15, -0.1) is 0 Å². The number of furan rings is 1. The second kappa shape index (κ2) is 8.23. The van der Waals surface area contributed by atoms with Gasteiger partial charge in [-0.1, -0.05) is 6.92 Å². The first-order valence-electron chi connectivity index (χ1n) is 7.25. The lowest BCUT2D eigenvalue weighted by molar-refractivity contribution is 0.0674. The van der Waals surface area contributed by atoms with Crippen LogP contribution in [0.1, 0.15) is 18.1 Å². The second-order valence-electron chi connectivity index (χ2n) is 5.06. The zero-order valence-corrected chi connectivity index (χ0v) is 12.6. The summed E-state index contributed by atoms with van der Waals surface area (Å²) in [5, 5.41) is 18.8. The zero-order valence-electron chi connectivity index (χ0n) is 12.6. The number of rotatable bonds is 8. The predicted octanol–water partition coefficient (Wildman–Crippen LogP) is 2.41. The fourth-order valence-electron chi connectivity index (χ4n) is 2.12. The molecule has 1 aromatic carbocycles. The molecule has 1 aromatic heterocycles. The summed E-state index contributed by atoms with van der Waals surface area (Å²) in [5.74, 6) is 0.649. The van der Waals surface area contributed by atoms with Gasteiger partial charge in [-0.05, 0) is 36.9 Å². The van der Waals surface area contributed by atoms with Gasteiger partial charge in [-0.25, -0.2) is 0 Å². The lowest BCUT2D eigenvalue weighted by Crippen LogP contribution is -2.35. The second-order valence-corrected chi connectivity index (χ2v) is 5.06. The third-order valence-corrected chi connectivity index (χ3v) is 3.33. The fraction of sp³-hybridized carbons (Fsp3) is 0.353. The maximum Gasteiger partial charge on any atom is 0.119 e. The van der Waals surface area contributed by atoms with E-state index in [4.69, 9.17) is 14.4 Å². The maximum absolute atomic E-state index is 10.1. The number of hydrogen-bond acceptors (Lipinski definition) is 5. The van der Waals surface area contributed by atoms with E-state index in [-0.39, 0.29) is 6.61 Å². The number of nitriles is 1. The minimum absolute atomic E-state index is 0.216. The summed E-state index contributed by atoms with van der Waals surface area (Å²) in [6.45, 7) is 4.36. The lowest BCUT2D eigenvalue weighted by Gasteiger charge is -2.23. The van der Waals surface area contributed by atoms with E-state index in [1.54, 1.807) is 36.8 Å². The summed E-state index contributed by atoms with van der Waals surface area (Å²) < 4.78 is 10.6. The monoisotopic (exact) mass is 300 g/mol. The van der Waals surface area contributed by atoms with E-state index in [2.05, 4.69) is 11.0 Å². The summed E-state index contributed by atoms with van der Waals surface area (Å²) in [5.41, 5.74) is 1.67. The van der Waals surface area contributed by atoms with Crippen LogP contribution in [0, 0.1) is 11.3 Å². The van der Waals surface area contributed by atoms with Crippen molar-refractivity contribution in [2.75, 3.05) is 19.7 Å². The van der Waals surface area contributed by atoms with Crippen LogP contribution in [0.15, 0.2) is 47.3 Å². The van der Waals surface area contributed by atoms with Crippen LogP contribution >= 0.6 is 0 Å². The molecule has 2 aromatic rings. The van der Waals surface area contributed by atoms with E-state index in [0.717, 1.165) is 18.7 Å². The highest BCUT2D eigenvalue weighted by Crippen LogP contribution is 2.12. The van der Waals surface area contributed by atoms with Crippen molar-refractivity contribution in [1.29, 1.82) is 5.26 Å². The van der Waals surface area contributed by atoms with Crippen molar-refractivity contribution in [3.05, 3.63) is 54.0 Å². The molecule has 0 fully saturated rings. The number of aliphatic hydroxyl groups is 1. The Morgan fingerprint density at radius 1 is 1.32 bits per heavy atom. The van der Waals surface area contributed by atoms with Gasteiger partial charge in [0.05, 0.1) is 24.2 Å². The molecule has 116 valence electrons. The van der Waals surface area contributed by atoms with Crippen molar-refractivity contribution in [2.24, 2.45) is 0 Å². The van der Waals surface area contributed by atoms with Gasteiger partial charge in [0.1, 0.15) is 18.5 Å². The molecule has 0 spiro atoms. The highest BCUT2D eigenvalue weighted by atomic mass is 16.5. The molecular formula is C17H20N2O3. The van der Waals surface area contributed by atoms with Crippen molar-refractivity contribution in [3.63, 3.8) is 0 Å². The Hall–Kier alpha value is -2.29. The summed E-state index contributed by atoms with van der Waals surface area (Å²) >= 11 is 0. The van der Waals surface area contributed by atoms with Gasteiger partial charge in [-0.2, -0.15) is 5.26 Å². The van der Waals surface area contributed by atoms with Crippen molar-refractivity contribution < 1.29 is 14.3 Å². The van der Waals surface area contributed by atoms with Gasteiger partial charge in [0.15, 0.2) is 0 Å².